The van der Waals surface area contributed by atoms with E-state index < -0.39 is 17.8 Å². The second-order valence-electron chi connectivity index (χ2n) is 5.66. The summed E-state index contributed by atoms with van der Waals surface area (Å²) < 4.78 is 39.2. The van der Waals surface area contributed by atoms with E-state index in [1.54, 1.807) is 6.07 Å². The van der Waals surface area contributed by atoms with Crippen molar-refractivity contribution in [3.8, 4) is 0 Å². The lowest BCUT2D eigenvalue weighted by atomic mass is 9.98. The van der Waals surface area contributed by atoms with Crippen molar-refractivity contribution in [1.29, 1.82) is 0 Å². The van der Waals surface area contributed by atoms with Gasteiger partial charge in [-0.3, -0.25) is 0 Å². The van der Waals surface area contributed by atoms with Gasteiger partial charge in [-0.05, 0) is 36.8 Å². The zero-order chi connectivity index (χ0) is 14.8. The topological polar surface area (TPSA) is 38.0 Å². The predicted molar refractivity (Wildman–Crippen MR) is 73.2 cm³/mol. The molecule has 2 nitrogen and oxygen atoms in total. The molecule has 0 aromatic heterocycles. The Bertz CT molecular complexity index is 445. The van der Waals surface area contributed by atoms with Gasteiger partial charge in [-0.25, -0.2) is 0 Å². The average molecular weight is 286 g/mol. The lowest BCUT2D eigenvalue weighted by molar-refractivity contribution is -0.138. The van der Waals surface area contributed by atoms with Crippen molar-refractivity contribution < 1.29 is 13.2 Å². The molecule has 0 radical (unpaired) electrons. The van der Waals surface area contributed by atoms with Gasteiger partial charge in [0.1, 0.15) is 0 Å². The molecule has 0 heterocycles. The molecule has 1 aromatic rings. The Kier molecular flexibility index (Phi) is 4.70. The van der Waals surface area contributed by atoms with Crippen LogP contribution in [0, 0.1) is 5.92 Å². The molecule has 1 aliphatic carbocycles. The fraction of sp³-hybridized carbons (Fsp3) is 0.600. The van der Waals surface area contributed by atoms with Crippen LogP contribution in [0.15, 0.2) is 24.3 Å². The standard InChI is InChI=1S/C15H21F3N2/c1-10-6-7-11(8-10)20-14(9-19)12-4-2-3-5-13(12)15(16,17)18/h2-5,10-11,14,20H,6-9,19H2,1H3. The lowest BCUT2D eigenvalue weighted by Crippen LogP contribution is -2.36. The average Bonchev–Trinajstić information content (AvgIpc) is 2.80. The molecule has 20 heavy (non-hydrogen) atoms. The van der Waals surface area contributed by atoms with Crippen LogP contribution in [0.5, 0.6) is 0 Å². The summed E-state index contributed by atoms with van der Waals surface area (Å²) in [5.41, 5.74) is 5.36. The van der Waals surface area contributed by atoms with Crippen LogP contribution in [-0.2, 0) is 6.18 Å². The van der Waals surface area contributed by atoms with Crippen molar-refractivity contribution in [3.63, 3.8) is 0 Å². The summed E-state index contributed by atoms with van der Waals surface area (Å²) in [6, 6.07) is 5.51. The van der Waals surface area contributed by atoms with Gasteiger partial charge in [0.05, 0.1) is 5.56 Å². The van der Waals surface area contributed by atoms with E-state index in [0.29, 0.717) is 5.92 Å². The Morgan fingerprint density at radius 2 is 2.00 bits per heavy atom. The Labute approximate surface area is 117 Å². The molecular formula is C15H21F3N2. The number of nitrogens with one attached hydrogen (secondary N) is 1. The van der Waals surface area contributed by atoms with Gasteiger partial charge in [-0.15, -0.1) is 0 Å². The van der Waals surface area contributed by atoms with E-state index in [-0.39, 0.29) is 18.2 Å². The number of rotatable bonds is 4. The molecule has 3 unspecified atom stereocenters. The van der Waals surface area contributed by atoms with E-state index in [0.717, 1.165) is 25.3 Å². The molecule has 0 amide bonds. The van der Waals surface area contributed by atoms with E-state index in [2.05, 4.69) is 12.2 Å². The van der Waals surface area contributed by atoms with E-state index in [1.807, 2.05) is 0 Å². The van der Waals surface area contributed by atoms with Crippen molar-refractivity contribution in [2.45, 2.75) is 44.4 Å². The Morgan fingerprint density at radius 1 is 1.30 bits per heavy atom. The molecular weight excluding hydrogens is 265 g/mol. The summed E-state index contributed by atoms with van der Waals surface area (Å²) in [4.78, 5) is 0. The monoisotopic (exact) mass is 286 g/mol. The number of alkyl halides is 3. The van der Waals surface area contributed by atoms with Crippen molar-refractivity contribution in [3.05, 3.63) is 35.4 Å². The highest BCUT2D eigenvalue weighted by atomic mass is 19.4. The van der Waals surface area contributed by atoms with Crippen molar-refractivity contribution in [2.75, 3.05) is 6.54 Å². The van der Waals surface area contributed by atoms with Crippen LogP contribution in [0.4, 0.5) is 13.2 Å². The fourth-order valence-corrected chi connectivity index (χ4v) is 2.99. The molecule has 1 aromatic carbocycles. The molecule has 0 bridgehead atoms. The summed E-state index contributed by atoms with van der Waals surface area (Å²) in [5, 5.41) is 3.30. The molecule has 1 saturated carbocycles. The number of hydrogen-bond donors (Lipinski definition) is 2. The molecule has 1 fully saturated rings. The van der Waals surface area contributed by atoms with Gasteiger partial charge >= 0.3 is 6.18 Å². The van der Waals surface area contributed by atoms with Gasteiger partial charge in [0.25, 0.3) is 0 Å². The summed E-state index contributed by atoms with van der Waals surface area (Å²) in [7, 11) is 0. The summed E-state index contributed by atoms with van der Waals surface area (Å²) in [6.07, 6.45) is -1.21. The van der Waals surface area contributed by atoms with Crippen LogP contribution in [0.1, 0.15) is 43.4 Å². The first kappa shape index (κ1) is 15.3. The Hall–Kier alpha value is -1.07. The number of benzene rings is 1. The molecule has 0 saturated heterocycles. The zero-order valence-corrected chi connectivity index (χ0v) is 11.6. The minimum Gasteiger partial charge on any atom is -0.329 e. The Balaban J connectivity index is 2.19. The molecule has 0 spiro atoms. The molecule has 3 atom stereocenters. The smallest absolute Gasteiger partial charge is 0.329 e. The first-order valence-corrected chi connectivity index (χ1v) is 7.04. The maximum atomic E-state index is 13.1. The van der Waals surface area contributed by atoms with Gasteiger partial charge in [0, 0.05) is 18.6 Å². The fourth-order valence-electron chi connectivity index (χ4n) is 2.99. The Morgan fingerprint density at radius 3 is 2.55 bits per heavy atom. The third-order valence-corrected chi connectivity index (χ3v) is 4.01. The SMILES string of the molecule is CC1CCC(NC(CN)c2ccccc2C(F)(F)F)C1. The van der Waals surface area contributed by atoms with Crippen LogP contribution >= 0.6 is 0 Å². The highest BCUT2D eigenvalue weighted by molar-refractivity contribution is 5.32. The van der Waals surface area contributed by atoms with Crippen molar-refractivity contribution in [2.24, 2.45) is 11.7 Å². The van der Waals surface area contributed by atoms with Crippen LogP contribution in [-0.4, -0.2) is 12.6 Å². The molecule has 5 heteroatoms. The van der Waals surface area contributed by atoms with Crippen LogP contribution in [0.25, 0.3) is 0 Å². The maximum absolute atomic E-state index is 13.1. The van der Waals surface area contributed by atoms with Crippen LogP contribution < -0.4 is 11.1 Å². The molecule has 2 rings (SSSR count). The van der Waals surface area contributed by atoms with Gasteiger partial charge < -0.3 is 11.1 Å². The van der Waals surface area contributed by atoms with Crippen LogP contribution in [0.3, 0.4) is 0 Å². The summed E-state index contributed by atoms with van der Waals surface area (Å²) in [6.45, 7) is 2.33. The van der Waals surface area contributed by atoms with Crippen molar-refractivity contribution >= 4 is 0 Å². The summed E-state index contributed by atoms with van der Waals surface area (Å²) >= 11 is 0. The summed E-state index contributed by atoms with van der Waals surface area (Å²) in [5.74, 6) is 0.629. The molecule has 0 aliphatic heterocycles. The van der Waals surface area contributed by atoms with E-state index in [1.165, 1.54) is 12.1 Å². The minimum atomic E-state index is -4.34. The second-order valence-corrected chi connectivity index (χ2v) is 5.66. The maximum Gasteiger partial charge on any atom is 0.416 e. The second kappa shape index (κ2) is 6.14. The molecule has 112 valence electrons. The quantitative estimate of drug-likeness (QED) is 0.889. The van der Waals surface area contributed by atoms with Gasteiger partial charge in [0.2, 0.25) is 0 Å². The zero-order valence-electron chi connectivity index (χ0n) is 11.6. The highest BCUT2D eigenvalue weighted by Gasteiger charge is 2.35. The van der Waals surface area contributed by atoms with E-state index in [4.69, 9.17) is 5.73 Å². The molecule has 1 aliphatic rings. The molecule has 3 N–H and O–H groups in total. The first-order chi connectivity index (χ1) is 9.41. The lowest BCUT2D eigenvalue weighted by Gasteiger charge is -2.25. The minimum absolute atomic E-state index is 0.165. The first-order valence-electron chi connectivity index (χ1n) is 7.04. The van der Waals surface area contributed by atoms with E-state index >= 15 is 0 Å². The largest absolute Gasteiger partial charge is 0.416 e. The normalized spacial score (nSPS) is 24.9. The highest BCUT2D eigenvalue weighted by Crippen LogP contribution is 2.35. The predicted octanol–water partition coefficient (Wildman–Crippen LogP) is 3.48. The van der Waals surface area contributed by atoms with Crippen LogP contribution in [0.2, 0.25) is 0 Å². The van der Waals surface area contributed by atoms with Crippen molar-refractivity contribution in [1.82, 2.24) is 5.32 Å². The third kappa shape index (κ3) is 3.52. The van der Waals surface area contributed by atoms with Gasteiger partial charge in [-0.1, -0.05) is 25.1 Å². The van der Waals surface area contributed by atoms with E-state index in [9.17, 15) is 13.2 Å². The van der Waals surface area contributed by atoms with Gasteiger partial charge in [-0.2, -0.15) is 13.2 Å². The van der Waals surface area contributed by atoms with Gasteiger partial charge in [0.15, 0.2) is 0 Å². The third-order valence-electron chi connectivity index (χ3n) is 4.01. The number of nitrogens with two attached hydrogens (primary N) is 1. The number of hydrogen-bond acceptors (Lipinski definition) is 2. The number of halogens is 3.